The highest BCUT2D eigenvalue weighted by Gasteiger charge is 2.33. The Balaban J connectivity index is 2.52. The summed E-state index contributed by atoms with van der Waals surface area (Å²) in [7, 11) is 4.11. The zero-order valence-corrected chi connectivity index (χ0v) is 9.36. The van der Waals surface area contributed by atoms with Gasteiger partial charge in [0.2, 0.25) is 0 Å². The molecule has 0 aromatic rings. The Bertz CT molecular complexity index is 199. The first kappa shape index (κ1) is 11.5. The van der Waals surface area contributed by atoms with E-state index < -0.39 is 5.97 Å². The van der Waals surface area contributed by atoms with Crippen molar-refractivity contribution in [2.45, 2.75) is 38.6 Å². The molecule has 0 heterocycles. The molecule has 0 aliphatic heterocycles. The van der Waals surface area contributed by atoms with Crippen LogP contribution in [0.1, 0.15) is 32.6 Å². The summed E-state index contributed by atoms with van der Waals surface area (Å²) < 4.78 is 0. The molecule has 0 aromatic heterocycles. The van der Waals surface area contributed by atoms with Gasteiger partial charge in [-0.15, -0.1) is 0 Å². The van der Waals surface area contributed by atoms with Crippen LogP contribution in [0.5, 0.6) is 0 Å². The van der Waals surface area contributed by atoms with Crippen LogP contribution < -0.4 is 0 Å². The van der Waals surface area contributed by atoms with E-state index in [1.165, 1.54) is 19.3 Å². The van der Waals surface area contributed by atoms with Gasteiger partial charge in [0.1, 0.15) is 0 Å². The Morgan fingerprint density at radius 2 is 2.07 bits per heavy atom. The van der Waals surface area contributed by atoms with Crippen molar-refractivity contribution in [2.24, 2.45) is 11.8 Å². The summed E-state index contributed by atoms with van der Waals surface area (Å²) in [6.07, 6.45) is 4.15. The second-order valence-electron chi connectivity index (χ2n) is 4.72. The average molecular weight is 199 g/mol. The van der Waals surface area contributed by atoms with Crippen molar-refractivity contribution in [3.63, 3.8) is 0 Å². The van der Waals surface area contributed by atoms with E-state index >= 15 is 0 Å². The molecule has 0 amide bonds. The summed E-state index contributed by atoms with van der Waals surface area (Å²) in [5.41, 5.74) is 0. The minimum Gasteiger partial charge on any atom is -0.481 e. The normalized spacial score (nSPS) is 21.7. The van der Waals surface area contributed by atoms with Gasteiger partial charge in [0.15, 0.2) is 0 Å². The third-order valence-electron chi connectivity index (χ3n) is 3.31. The highest BCUT2D eigenvalue weighted by atomic mass is 16.4. The van der Waals surface area contributed by atoms with Crippen LogP contribution in [-0.2, 0) is 4.79 Å². The summed E-state index contributed by atoms with van der Waals surface area (Å²) >= 11 is 0. The first-order valence-electron chi connectivity index (χ1n) is 5.40. The van der Waals surface area contributed by atoms with E-state index in [4.69, 9.17) is 5.11 Å². The fourth-order valence-electron chi connectivity index (χ4n) is 2.57. The van der Waals surface area contributed by atoms with Crippen LogP contribution in [0.2, 0.25) is 0 Å². The number of carboxylic acids is 1. The van der Waals surface area contributed by atoms with E-state index in [9.17, 15) is 4.79 Å². The smallest absolute Gasteiger partial charge is 0.303 e. The van der Waals surface area contributed by atoms with E-state index in [2.05, 4.69) is 25.9 Å². The summed E-state index contributed by atoms with van der Waals surface area (Å²) in [5, 5.41) is 8.77. The standard InChI is InChI=1S/C11H21NO2/c1-8(7-10(13)14)11(12(2)3)9-5-4-6-9/h8-9,11H,4-7H2,1-3H3,(H,13,14). The fraction of sp³-hybridized carbons (Fsp3) is 0.909. The van der Waals surface area contributed by atoms with Crippen LogP contribution in [0.3, 0.4) is 0 Å². The lowest BCUT2D eigenvalue weighted by Crippen LogP contribution is -2.43. The lowest BCUT2D eigenvalue weighted by molar-refractivity contribution is -0.138. The Kier molecular flexibility index (Phi) is 3.93. The fourth-order valence-corrected chi connectivity index (χ4v) is 2.57. The van der Waals surface area contributed by atoms with Crippen molar-refractivity contribution >= 4 is 5.97 Å². The maximum atomic E-state index is 10.6. The maximum Gasteiger partial charge on any atom is 0.303 e. The van der Waals surface area contributed by atoms with Crippen LogP contribution in [0.15, 0.2) is 0 Å². The van der Waals surface area contributed by atoms with Gasteiger partial charge in [0.05, 0.1) is 0 Å². The van der Waals surface area contributed by atoms with Gasteiger partial charge in [-0.3, -0.25) is 4.79 Å². The van der Waals surface area contributed by atoms with Gasteiger partial charge in [-0.1, -0.05) is 13.3 Å². The van der Waals surface area contributed by atoms with Crippen molar-refractivity contribution in [3.8, 4) is 0 Å². The zero-order chi connectivity index (χ0) is 10.7. The molecule has 1 saturated carbocycles. The quantitative estimate of drug-likeness (QED) is 0.734. The number of carboxylic acid groups (broad SMARTS) is 1. The lowest BCUT2D eigenvalue weighted by atomic mass is 9.74. The molecule has 1 N–H and O–H groups in total. The van der Waals surface area contributed by atoms with Gasteiger partial charge in [-0.05, 0) is 38.8 Å². The summed E-state index contributed by atoms with van der Waals surface area (Å²) in [6.45, 7) is 2.05. The molecule has 1 aliphatic carbocycles. The SMILES string of the molecule is CC(CC(=O)O)C(C1CCC1)N(C)C. The summed E-state index contributed by atoms with van der Waals surface area (Å²) in [4.78, 5) is 12.8. The second-order valence-corrected chi connectivity index (χ2v) is 4.72. The summed E-state index contributed by atoms with van der Waals surface area (Å²) in [5.74, 6) is 0.302. The maximum absolute atomic E-state index is 10.6. The van der Waals surface area contributed by atoms with Gasteiger partial charge >= 0.3 is 5.97 Å². The third-order valence-corrected chi connectivity index (χ3v) is 3.31. The van der Waals surface area contributed by atoms with Gasteiger partial charge in [0.25, 0.3) is 0 Å². The van der Waals surface area contributed by atoms with E-state index in [-0.39, 0.29) is 5.92 Å². The van der Waals surface area contributed by atoms with Crippen LogP contribution in [0.25, 0.3) is 0 Å². The molecule has 0 radical (unpaired) electrons. The minimum atomic E-state index is -0.677. The van der Waals surface area contributed by atoms with Crippen molar-refractivity contribution in [2.75, 3.05) is 14.1 Å². The third kappa shape index (κ3) is 2.71. The number of aliphatic carboxylic acids is 1. The van der Waals surface area contributed by atoms with Crippen LogP contribution in [-0.4, -0.2) is 36.1 Å². The molecule has 3 nitrogen and oxygen atoms in total. The molecule has 0 aromatic carbocycles. The van der Waals surface area contributed by atoms with Gasteiger partial charge in [0, 0.05) is 12.5 Å². The first-order chi connectivity index (χ1) is 6.52. The van der Waals surface area contributed by atoms with E-state index in [0.29, 0.717) is 12.5 Å². The number of hydrogen-bond acceptors (Lipinski definition) is 2. The van der Waals surface area contributed by atoms with E-state index in [1.54, 1.807) is 0 Å². The van der Waals surface area contributed by atoms with Crippen molar-refractivity contribution in [1.82, 2.24) is 4.90 Å². The first-order valence-corrected chi connectivity index (χ1v) is 5.40. The predicted octanol–water partition coefficient (Wildman–Crippen LogP) is 1.83. The molecule has 1 fully saturated rings. The second kappa shape index (κ2) is 4.78. The summed E-state index contributed by atoms with van der Waals surface area (Å²) in [6, 6.07) is 0.444. The van der Waals surface area contributed by atoms with E-state index in [1.807, 2.05) is 0 Å². The number of rotatable bonds is 5. The number of nitrogens with zero attached hydrogens (tertiary/aromatic N) is 1. The van der Waals surface area contributed by atoms with Crippen molar-refractivity contribution in [1.29, 1.82) is 0 Å². The van der Waals surface area contributed by atoms with Gasteiger partial charge in [-0.2, -0.15) is 0 Å². The van der Waals surface area contributed by atoms with Crippen molar-refractivity contribution in [3.05, 3.63) is 0 Å². The number of hydrogen-bond donors (Lipinski definition) is 1. The van der Waals surface area contributed by atoms with Gasteiger partial charge in [-0.25, -0.2) is 0 Å². The van der Waals surface area contributed by atoms with E-state index in [0.717, 1.165) is 5.92 Å². The Hall–Kier alpha value is -0.570. The molecular formula is C11H21NO2. The van der Waals surface area contributed by atoms with Crippen LogP contribution >= 0.6 is 0 Å². The van der Waals surface area contributed by atoms with Gasteiger partial charge < -0.3 is 10.0 Å². The largest absolute Gasteiger partial charge is 0.481 e. The molecule has 1 aliphatic rings. The highest BCUT2D eigenvalue weighted by Crippen LogP contribution is 2.35. The number of carbonyl (C=O) groups is 1. The molecule has 1 rings (SSSR count). The molecule has 0 bridgehead atoms. The Morgan fingerprint density at radius 3 is 2.36 bits per heavy atom. The molecular weight excluding hydrogens is 178 g/mol. The lowest BCUT2D eigenvalue weighted by Gasteiger charge is -2.41. The van der Waals surface area contributed by atoms with Crippen LogP contribution in [0, 0.1) is 11.8 Å². The topological polar surface area (TPSA) is 40.5 Å². The Morgan fingerprint density at radius 1 is 1.50 bits per heavy atom. The molecule has 0 spiro atoms. The molecule has 0 saturated heterocycles. The van der Waals surface area contributed by atoms with Crippen molar-refractivity contribution < 1.29 is 9.90 Å². The Labute approximate surface area is 86.1 Å². The molecule has 3 heteroatoms. The molecule has 82 valence electrons. The minimum absolute atomic E-state index is 0.257. The zero-order valence-electron chi connectivity index (χ0n) is 9.36. The monoisotopic (exact) mass is 199 g/mol. The molecule has 14 heavy (non-hydrogen) atoms. The molecule has 2 atom stereocenters. The highest BCUT2D eigenvalue weighted by molar-refractivity contribution is 5.67. The average Bonchev–Trinajstić information content (AvgIpc) is 1.93. The molecule has 2 unspecified atom stereocenters. The van der Waals surface area contributed by atoms with Crippen LogP contribution in [0.4, 0.5) is 0 Å². The predicted molar refractivity (Wildman–Crippen MR) is 56.2 cm³/mol.